The van der Waals surface area contributed by atoms with E-state index in [1.807, 2.05) is 0 Å². The van der Waals surface area contributed by atoms with Crippen molar-refractivity contribution in [1.29, 1.82) is 0 Å². The largest absolute Gasteiger partial charge is 0.278 e. The number of imide groups is 1. The summed E-state index contributed by atoms with van der Waals surface area (Å²) in [6.45, 7) is 5.40. The zero-order valence-electron chi connectivity index (χ0n) is 15.5. The Hall–Kier alpha value is -1.73. The van der Waals surface area contributed by atoms with Crippen LogP contribution in [0.4, 0.5) is 0 Å². The van der Waals surface area contributed by atoms with Crippen molar-refractivity contribution in [3.63, 3.8) is 0 Å². The van der Waals surface area contributed by atoms with E-state index in [0.29, 0.717) is 11.1 Å². The van der Waals surface area contributed by atoms with Crippen LogP contribution in [0.2, 0.25) is 0 Å². The molecule has 1 aliphatic carbocycles. The summed E-state index contributed by atoms with van der Waals surface area (Å²) in [5, 5.41) is 0. The van der Waals surface area contributed by atoms with Gasteiger partial charge >= 0.3 is 0 Å². The molecule has 26 heavy (non-hydrogen) atoms. The number of carbonyl (C=O) groups excluding carboxylic acids is 2. The molecule has 1 N–H and O–H groups in total. The second-order valence-electron chi connectivity index (χ2n) is 7.64. The van der Waals surface area contributed by atoms with Gasteiger partial charge in [-0.2, -0.15) is 0 Å². The zero-order chi connectivity index (χ0) is 19.1. The predicted molar refractivity (Wildman–Crippen MR) is 97.6 cm³/mol. The Morgan fingerprint density at radius 3 is 2.23 bits per heavy atom. The van der Waals surface area contributed by atoms with E-state index in [0.717, 1.165) is 25.7 Å². The summed E-state index contributed by atoms with van der Waals surface area (Å²) in [4.78, 5) is 26.8. The van der Waals surface area contributed by atoms with Gasteiger partial charge in [0.05, 0.1) is 23.3 Å². The molecule has 0 spiro atoms. The number of nitrogens with zero attached hydrogens (tertiary/aromatic N) is 1. The number of benzene rings is 1. The van der Waals surface area contributed by atoms with Gasteiger partial charge in [0.15, 0.2) is 0 Å². The van der Waals surface area contributed by atoms with E-state index in [-0.39, 0.29) is 41.1 Å². The number of amides is 2. The number of sulfonamides is 1. The van der Waals surface area contributed by atoms with Crippen LogP contribution in [0.1, 0.15) is 50.7 Å². The molecule has 142 valence electrons. The molecular formula is C19H26N2O4S. The molecule has 1 saturated carbocycles. The number of hydrogen-bond acceptors (Lipinski definition) is 4. The number of carbonyl (C=O) groups is 2. The highest BCUT2D eigenvalue weighted by Gasteiger charge is 2.47. The van der Waals surface area contributed by atoms with Gasteiger partial charge in [-0.1, -0.05) is 25.0 Å². The molecule has 0 unspecified atom stereocenters. The number of rotatable bonds is 5. The quantitative estimate of drug-likeness (QED) is 0.797. The molecule has 1 heterocycles. The zero-order valence-corrected chi connectivity index (χ0v) is 16.3. The standard InChI is InChI=1S/C19H26N2O4S/c1-12(2)20-26(24,25)17-10-14(9-8-13(17)3)11-21-18(22)15-6-4-5-7-16(15)19(21)23/h8-10,12,15-16,20H,4-7,11H2,1-3H3/t15-,16-/m0/s1. The first-order valence-corrected chi connectivity index (χ1v) is 10.7. The third-order valence-electron chi connectivity index (χ3n) is 5.21. The second-order valence-corrected chi connectivity index (χ2v) is 9.32. The highest BCUT2D eigenvalue weighted by atomic mass is 32.2. The fourth-order valence-corrected chi connectivity index (χ4v) is 5.52. The van der Waals surface area contributed by atoms with Gasteiger partial charge in [-0.15, -0.1) is 0 Å². The van der Waals surface area contributed by atoms with Crippen molar-refractivity contribution >= 4 is 21.8 Å². The molecule has 1 aromatic carbocycles. The maximum absolute atomic E-state index is 12.6. The minimum atomic E-state index is -3.63. The first-order chi connectivity index (χ1) is 12.2. The van der Waals surface area contributed by atoms with Gasteiger partial charge in [0.2, 0.25) is 21.8 Å². The highest BCUT2D eigenvalue weighted by molar-refractivity contribution is 7.89. The Bertz CT molecular complexity index is 808. The Balaban J connectivity index is 1.86. The summed E-state index contributed by atoms with van der Waals surface area (Å²) in [5.74, 6) is -0.588. The molecule has 7 heteroatoms. The number of nitrogens with one attached hydrogen (secondary N) is 1. The van der Waals surface area contributed by atoms with E-state index in [1.54, 1.807) is 39.0 Å². The van der Waals surface area contributed by atoms with Crippen LogP contribution in [0.3, 0.4) is 0 Å². The minimum Gasteiger partial charge on any atom is -0.278 e. The summed E-state index contributed by atoms with van der Waals surface area (Å²) in [5.41, 5.74) is 1.29. The van der Waals surface area contributed by atoms with Crippen LogP contribution in [0.25, 0.3) is 0 Å². The van der Waals surface area contributed by atoms with E-state index in [4.69, 9.17) is 0 Å². The Labute approximate surface area is 155 Å². The number of likely N-dealkylation sites (tertiary alicyclic amines) is 1. The summed E-state index contributed by atoms with van der Waals surface area (Å²) < 4.78 is 27.6. The van der Waals surface area contributed by atoms with Gasteiger partial charge in [-0.3, -0.25) is 14.5 Å². The van der Waals surface area contributed by atoms with Crippen LogP contribution in [0, 0.1) is 18.8 Å². The summed E-state index contributed by atoms with van der Waals surface area (Å²) in [6.07, 6.45) is 3.53. The fourth-order valence-electron chi connectivity index (χ4n) is 3.98. The van der Waals surface area contributed by atoms with Gasteiger partial charge < -0.3 is 0 Å². The summed E-state index contributed by atoms with van der Waals surface area (Å²) in [7, 11) is -3.63. The maximum atomic E-state index is 12.6. The van der Waals surface area contributed by atoms with Crippen LogP contribution >= 0.6 is 0 Å². The van der Waals surface area contributed by atoms with Crippen LogP contribution in [-0.4, -0.2) is 31.2 Å². The lowest BCUT2D eigenvalue weighted by Gasteiger charge is -2.19. The molecule has 2 atom stereocenters. The second kappa shape index (κ2) is 7.12. The van der Waals surface area contributed by atoms with Crippen LogP contribution in [0.15, 0.2) is 23.1 Å². The van der Waals surface area contributed by atoms with Crippen molar-refractivity contribution < 1.29 is 18.0 Å². The van der Waals surface area contributed by atoms with E-state index in [1.165, 1.54) is 4.90 Å². The molecule has 1 saturated heterocycles. The van der Waals surface area contributed by atoms with Crippen LogP contribution in [0.5, 0.6) is 0 Å². The molecule has 1 aliphatic heterocycles. The Morgan fingerprint density at radius 2 is 1.69 bits per heavy atom. The third kappa shape index (κ3) is 3.55. The van der Waals surface area contributed by atoms with Crippen LogP contribution in [-0.2, 0) is 26.2 Å². The SMILES string of the molecule is Cc1ccc(CN2C(=O)[C@H]3CCCC[C@@H]3C2=O)cc1S(=O)(=O)NC(C)C. The number of aryl methyl sites for hydroxylation is 1. The van der Waals surface area contributed by atoms with Gasteiger partial charge in [0.25, 0.3) is 0 Å². The molecule has 0 bridgehead atoms. The minimum absolute atomic E-state index is 0.106. The van der Waals surface area contributed by atoms with Crippen molar-refractivity contribution in [2.24, 2.45) is 11.8 Å². The van der Waals surface area contributed by atoms with E-state index in [2.05, 4.69) is 4.72 Å². The molecule has 3 rings (SSSR count). The average molecular weight is 378 g/mol. The Kier molecular flexibility index (Phi) is 5.21. The van der Waals surface area contributed by atoms with E-state index in [9.17, 15) is 18.0 Å². The van der Waals surface area contributed by atoms with Gasteiger partial charge in [-0.05, 0) is 50.8 Å². The third-order valence-corrected chi connectivity index (χ3v) is 7.01. The normalized spacial score (nSPS) is 23.6. The van der Waals surface area contributed by atoms with Gasteiger partial charge in [0, 0.05) is 6.04 Å². The first-order valence-electron chi connectivity index (χ1n) is 9.18. The molecule has 2 amide bonds. The van der Waals surface area contributed by atoms with Gasteiger partial charge in [-0.25, -0.2) is 13.1 Å². The lowest BCUT2D eigenvalue weighted by Crippen LogP contribution is -2.32. The molecule has 1 aromatic rings. The molecule has 2 fully saturated rings. The maximum Gasteiger partial charge on any atom is 0.241 e. The molecule has 0 radical (unpaired) electrons. The molecule has 0 aromatic heterocycles. The van der Waals surface area contributed by atoms with E-state index >= 15 is 0 Å². The van der Waals surface area contributed by atoms with Crippen molar-refractivity contribution in [3.05, 3.63) is 29.3 Å². The average Bonchev–Trinajstić information content (AvgIpc) is 2.80. The lowest BCUT2D eigenvalue weighted by atomic mass is 9.81. The summed E-state index contributed by atoms with van der Waals surface area (Å²) >= 11 is 0. The number of fused-ring (bicyclic) bond motifs is 1. The first kappa shape index (κ1) is 19.0. The van der Waals surface area contributed by atoms with Crippen molar-refractivity contribution in [1.82, 2.24) is 9.62 Å². The van der Waals surface area contributed by atoms with Crippen molar-refractivity contribution in [2.45, 2.75) is 63.9 Å². The lowest BCUT2D eigenvalue weighted by molar-refractivity contribution is -0.140. The monoisotopic (exact) mass is 378 g/mol. The summed E-state index contributed by atoms with van der Waals surface area (Å²) in [6, 6.07) is 4.87. The Morgan fingerprint density at radius 1 is 1.12 bits per heavy atom. The molecule has 2 aliphatic rings. The smallest absolute Gasteiger partial charge is 0.241 e. The molecule has 6 nitrogen and oxygen atoms in total. The van der Waals surface area contributed by atoms with Crippen LogP contribution < -0.4 is 4.72 Å². The fraction of sp³-hybridized carbons (Fsp3) is 0.579. The van der Waals surface area contributed by atoms with Crippen molar-refractivity contribution in [3.8, 4) is 0 Å². The molecular weight excluding hydrogens is 352 g/mol. The van der Waals surface area contributed by atoms with E-state index < -0.39 is 10.0 Å². The van der Waals surface area contributed by atoms with Crippen molar-refractivity contribution in [2.75, 3.05) is 0 Å². The number of hydrogen-bond donors (Lipinski definition) is 1. The topological polar surface area (TPSA) is 83.6 Å². The highest BCUT2D eigenvalue weighted by Crippen LogP contribution is 2.38. The van der Waals surface area contributed by atoms with Gasteiger partial charge in [0.1, 0.15) is 0 Å². The predicted octanol–water partition coefficient (Wildman–Crippen LogP) is 2.36.